The second kappa shape index (κ2) is 9.96. The smallest absolute Gasteiger partial charge is 0.234 e. The van der Waals surface area contributed by atoms with Gasteiger partial charge in [-0.3, -0.25) is 4.40 Å². The Balaban J connectivity index is 1.37. The molecule has 0 bridgehead atoms. The Labute approximate surface area is 281 Å². The zero-order valence-corrected chi connectivity index (χ0v) is 26.4. The van der Waals surface area contributed by atoms with E-state index in [1.807, 2.05) is 16.7 Å². The van der Waals surface area contributed by atoms with E-state index in [-0.39, 0.29) is 0 Å². The minimum Gasteiger partial charge on any atom is -0.291 e. The van der Waals surface area contributed by atoms with Crippen LogP contribution >= 0.6 is 0 Å². The van der Waals surface area contributed by atoms with E-state index in [1.165, 1.54) is 86.5 Å². The summed E-state index contributed by atoms with van der Waals surface area (Å²) < 4.78 is 2.00. The molecule has 11 aromatic rings. The van der Waals surface area contributed by atoms with Crippen LogP contribution in [0.25, 0.3) is 104 Å². The first-order chi connectivity index (χ1) is 24.3. The standard InChI is InChI=1S/C46H27N3/c1-3-15-31-29(13-1)30-14-2-4-16-32(30)34-22-10-23-39-40(26-28-12-9-21-33(31)42(28)45(34)39)43-35-17-5-7-19-37(35)44(38-20-8-6-18-36(38)43)41-27-49-25-11-24-47-46(49)48-41/h1-27H. The van der Waals surface area contributed by atoms with Crippen LogP contribution in [0.4, 0.5) is 0 Å². The molecule has 2 heterocycles. The third-order valence-corrected chi connectivity index (χ3v) is 10.4. The van der Waals surface area contributed by atoms with E-state index in [0.29, 0.717) is 5.78 Å². The van der Waals surface area contributed by atoms with Crippen LogP contribution in [-0.2, 0) is 0 Å². The van der Waals surface area contributed by atoms with Crippen LogP contribution in [0.3, 0.4) is 0 Å². The van der Waals surface area contributed by atoms with E-state index in [9.17, 15) is 0 Å². The molecule has 0 saturated carbocycles. The van der Waals surface area contributed by atoms with E-state index < -0.39 is 0 Å². The van der Waals surface area contributed by atoms with Crippen molar-refractivity contribution in [3.63, 3.8) is 0 Å². The summed E-state index contributed by atoms with van der Waals surface area (Å²) in [5.41, 5.74) is 4.54. The molecule has 226 valence electrons. The van der Waals surface area contributed by atoms with E-state index in [0.717, 1.165) is 11.3 Å². The number of imidazole rings is 1. The van der Waals surface area contributed by atoms with Gasteiger partial charge in [0, 0.05) is 24.2 Å². The SMILES string of the molecule is c1ccc2c(-c3cc4cccc5c6ccccc6c6ccccc6c6cccc3c6c45)c3ccccc3c(-c3cn4cccnc4n3)c2c1. The first kappa shape index (κ1) is 26.5. The van der Waals surface area contributed by atoms with Gasteiger partial charge in [0.05, 0.1) is 5.69 Å². The molecule has 0 aliphatic rings. The van der Waals surface area contributed by atoms with Gasteiger partial charge < -0.3 is 0 Å². The van der Waals surface area contributed by atoms with Gasteiger partial charge in [-0.05, 0) is 98.7 Å². The maximum atomic E-state index is 5.02. The van der Waals surface area contributed by atoms with Crippen LogP contribution in [0.5, 0.6) is 0 Å². The lowest BCUT2D eigenvalue weighted by Gasteiger charge is -2.20. The van der Waals surface area contributed by atoms with Crippen LogP contribution in [0.1, 0.15) is 0 Å². The molecule has 3 heteroatoms. The van der Waals surface area contributed by atoms with Crippen molar-refractivity contribution in [2.75, 3.05) is 0 Å². The number of aromatic nitrogens is 3. The summed E-state index contributed by atoms with van der Waals surface area (Å²) in [6.45, 7) is 0. The summed E-state index contributed by atoms with van der Waals surface area (Å²) >= 11 is 0. The normalized spacial score (nSPS) is 12.1. The molecule has 3 nitrogen and oxygen atoms in total. The number of nitrogens with zero attached hydrogens (tertiary/aromatic N) is 3. The number of hydrogen-bond acceptors (Lipinski definition) is 2. The fourth-order valence-corrected chi connectivity index (χ4v) is 8.46. The van der Waals surface area contributed by atoms with Crippen molar-refractivity contribution in [1.29, 1.82) is 0 Å². The molecule has 2 aromatic heterocycles. The molecule has 0 spiro atoms. The molecule has 0 atom stereocenters. The molecule has 0 aliphatic heterocycles. The minimum absolute atomic E-state index is 0.696. The highest BCUT2D eigenvalue weighted by atomic mass is 15.1. The summed E-state index contributed by atoms with van der Waals surface area (Å²) in [6.07, 6.45) is 5.91. The van der Waals surface area contributed by atoms with E-state index in [4.69, 9.17) is 4.98 Å². The van der Waals surface area contributed by atoms with Crippen molar-refractivity contribution in [3.05, 3.63) is 164 Å². The van der Waals surface area contributed by atoms with Crippen molar-refractivity contribution in [2.24, 2.45) is 0 Å². The minimum atomic E-state index is 0.696. The average molecular weight is 622 g/mol. The molecule has 49 heavy (non-hydrogen) atoms. The molecular weight excluding hydrogens is 595 g/mol. The Bertz CT molecular complexity index is 3080. The Morgan fingerprint density at radius 3 is 1.51 bits per heavy atom. The van der Waals surface area contributed by atoms with Crippen molar-refractivity contribution < 1.29 is 0 Å². The second-order valence-corrected chi connectivity index (χ2v) is 12.9. The van der Waals surface area contributed by atoms with Gasteiger partial charge >= 0.3 is 0 Å². The largest absolute Gasteiger partial charge is 0.291 e. The number of fused-ring (bicyclic) bond motifs is 8. The van der Waals surface area contributed by atoms with Gasteiger partial charge in [0.15, 0.2) is 0 Å². The zero-order valence-electron chi connectivity index (χ0n) is 26.4. The summed E-state index contributed by atoms with van der Waals surface area (Å²) in [6, 6.07) is 53.5. The lowest BCUT2D eigenvalue weighted by atomic mass is 9.83. The van der Waals surface area contributed by atoms with Crippen molar-refractivity contribution in [1.82, 2.24) is 14.4 Å². The zero-order chi connectivity index (χ0) is 32.1. The van der Waals surface area contributed by atoms with Gasteiger partial charge in [-0.2, -0.15) is 0 Å². The highest BCUT2D eigenvalue weighted by Gasteiger charge is 2.22. The summed E-state index contributed by atoms with van der Waals surface area (Å²) in [5, 5.41) is 17.5. The molecule has 0 amide bonds. The molecule has 11 rings (SSSR count). The van der Waals surface area contributed by atoms with Crippen LogP contribution in [0.2, 0.25) is 0 Å². The fourth-order valence-electron chi connectivity index (χ4n) is 8.46. The number of benzene rings is 8. The van der Waals surface area contributed by atoms with Crippen LogP contribution in [0.15, 0.2) is 164 Å². The lowest BCUT2D eigenvalue weighted by molar-refractivity contribution is 1.11. The molecule has 0 unspecified atom stereocenters. The number of rotatable bonds is 2. The third-order valence-electron chi connectivity index (χ3n) is 10.4. The molecule has 9 aromatic carbocycles. The van der Waals surface area contributed by atoms with Crippen molar-refractivity contribution in [2.45, 2.75) is 0 Å². The third kappa shape index (κ3) is 3.67. The Morgan fingerprint density at radius 1 is 0.408 bits per heavy atom. The summed E-state index contributed by atoms with van der Waals surface area (Å²) in [5.74, 6) is 0.696. The predicted molar refractivity (Wildman–Crippen MR) is 206 cm³/mol. The van der Waals surface area contributed by atoms with Gasteiger partial charge in [0.2, 0.25) is 5.78 Å². The first-order valence-corrected chi connectivity index (χ1v) is 16.7. The first-order valence-electron chi connectivity index (χ1n) is 16.7. The predicted octanol–water partition coefficient (Wildman–Crippen LogP) is 12.1. The van der Waals surface area contributed by atoms with Gasteiger partial charge in [-0.1, -0.05) is 133 Å². The van der Waals surface area contributed by atoms with Gasteiger partial charge in [0.1, 0.15) is 0 Å². The topological polar surface area (TPSA) is 30.2 Å². The quantitative estimate of drug-likeness (QED) is 0.142. The van der Waals surface area contributed by atoms with E-state index >= 15 is 0 Å². The fraction of sp³-hybridized carbons (Fsp3) is 0. The highest BCUT2D eigenvalue weighted by Crippen LogP contribution is 2.48. The molecule has 0 fully saturated rings. The summed E-state index contributed by atoms with van der Waals surface area (Å²) in [4.78, 5) is 9.55. The lowest BCUT2D eigenvalue weighted by Crippen LogP contribution is -1.93. The molecule has 0 aliphatic carbocycles. The number of hydrogen-bond donors (Lipinski definition) is 0. The average Bonchev–Trinajstić information content (AvgIpc) is 3.59. The van der Waals surface area contributed by atoms with Crippen molar-refractivity contribution in [3.8, 4) is 22.4 Å². The van der Waals surface area contributed by atoms with Gasteiger partial charge in [0.25, 0.3) is 0 Å². The Kier molecular flexibility index (Phi) is 5.38. The maximum absolute atomic E-state index is 5.02. The molecule has 0 saturated heterocycles. The van der Waals surface area contributed by atoms with Crippen LogP contribution in [-0.4, -0.2) is 14.4 Å². The second-order valence-electron chi connectivity index (χ2n) is 12.9. The summed E-state index contributed by atoms with van der Waals surface area (Å²) in [7, 11) is 0. The highest BCUT2D eigenvalue weighted by molar-refractivity contribution is 6.36. The van der Waals surface area contributed by atoms with Crippen LogP contribution < -0.4 is 0 Å². The monoisotopic (exact) mass is 621 g/mol. The van der Waals surface area contributed by atoms with Gasteiger partial charge in [-0.25, -0.2) is 9.97 Å². The van der Waals surface area contributed by atoms with Gasteiger partial charge in [-0.15, -0.1) is 0 Å². The van der Waals surface area contributed by atoms with Crippen LogP contribution in [0, 0.1) is 0 Å². The molecule has 0 N–H and O–H groups in total. The maximum Gasteiger partial charge on any atom is 0.234 e. The van der Waals surface area contributed by atoms with E-state index in [1.54, 1.807) is 6.20 Å². The Hall–Kier alpha value is -6.58. The molecule has 0 radical (unpaired) electrons. The Morgan fingerprint density at radius 2 is 0.898 bits per heavy atom. The molecular formula is C46H27N3. The van der Waals surface area contributed by atoms with Crippen molar-refractivity contribution >= 4 is 81.2 Å². The van der Waals surface area contributed by atoms with E-state index in [2.05, 4.69) is 151 Å².